The molecule has 1 fully saturated rings. The maximum absolute atomic E-state index is 13.0. The molecule has 8 heteroatoms. The molecule has 0 saturated carbocycles. The number of phenols is 1. The van der Waals surface area contributed by atoms with E-state index < -0.39 is 16.0 Å². The smallest absolute Gasteiger partial charge is 0.339 e. The molecule has 0 spiro atoms. The third-order valence-corrected chi connectivity index (χ3v) is 6.30. The van der Waals surface area contributed by atoms with E-state index in [2.05, 4.69) is 0 Å². The van der Waals surface area contributed by atoms with E-state index >= 15 is 0 Å². The van der Waals surface area contributed by atoms with Gasteiger partial charge in [-0.3, -0.25) is 0 Å². The van der Waals surface area contributed by atoms with Gasteiger partial charge in [-0.1, -0.05) is 18.2 Å². The fourth-order valence-corrected chi connectivity index (χ4v) is 4.59. The van der Waals surface area contributed by atoms with Crippen molar-refractivity contribution in [2.24, 2.45) is 0 Å². The Kier molecular flexibility index (Phi) is 5.15. The number of hydrogen-bond acceptors (Lipinski definition) is 6. The minimum absolute atomic E-state index is 0.0328. The molecule has 0 aromatic heterocycles. The standard InChI is InChI=1S/C18H20N2O5S/c1-25-18(22)16-7-2-3-8-17(16)26(23,24)20-11-9-19(10-12-20)14-5-4-6-15(21)13-14/h2-8,13,21H,9-12H2,1H3. The highest BCUT2D eigenvalue weighted by molar-refractivity contribution is 7.89. The first-order valence-electron chi connectivity index (χ1n) is 8.15. The summed E-state index contributed by atoms with van der Waals surface area (Å²) in [5, 5.41) is 9.60. The van der Waals surface area contributed by atoms with E-state index in [1.807, 2.05) is 11.0 Å². The second kappa shape index (κ2) is 7.35. The number of hydrogen-bond donors (Lipinski definition) is 1. The van der Waals surface area contributed by atoms with Gasteiger partial charge in [0.25, 0.3) is 0 Å². The van der Waals surface area contributed by atoms with E-state index in [9.17, 15) is 18.3 Å². The van der Waals surface area contributed by atoms with Crippen LogP contribution in [0.25, 0.3) is 0 Å². The molecule has 0 amide bonds. The molecule has 7 nitrogen and oxygen atoms in total. The molecule has 0 radical (unpaired) electrons. The zero-order chi connectivity index (χ0) is 18.7. The fraction of sp³-hybridized carbons (Fsp3) is 0.278. The van der Waals surface area contributed by atoms with Crippen molar-refractivity contribution >= 4 is 21.7 Å². The van der Waals surface area contributed by atoms with Gasteiger partial charge in [0.05, 0.1) is 17.6 Å². The number of aromatic hydroxyl groups is 1. The van der Waals surface area contributed by atoms with Gasteiger partial charge in [0.15, 0.2) is 0 Å². The lowest BCUT2D eigenvalue weighted by Crippen LogP contribution is -2.48. The van der Waals surface area contributed by atoms with Crippen LogP contribution >= 0.6 is 0 Å². The minimum Gasteiger partial charge on any atom is -0.508 e. The SMILES string of the molecule is COC(=O)c1ccccc1S(=O)(=O)N1CCN(c2cccc(O)c2)CC1. The van der Waals surface area contributed by atoms with Gasteiger partial charge in [-0.05, 0) is 24.3 Å². The first-order valence-corrected chi connectivity index (χ1v) is 9.59. The third-order valence-electron chi connectivity index (χ3n) is 4.34. The molecule has 0 atom stereocenters. The summed E-state index contributed by atoms with van der Waals surface area (Å²) in [4.78, 5) is 13.9. The highest BCUT2D eigenvalue weighted by Crippen LogP contribution is 2.25. The average molecular weight is 376 g/mol. The van der Waals surface area contributed by atoms with Crippen LogP contribution in [0.4, 0.5) is 5.69 Å². The second-order valence-electron chi connectivity index (χ2n) is 5.90. The molecule has 1 saturated heterocycles. The van der Waals surface area contributed by atoms with E-state index in [-0.39, 0.29) is 29.3 Å². The van der Waals surface area contributed by atoms with E-state index in [1.165, 1.54) is 23.5 Å². The number of methoxy groups -OCH3 is 1. The quantitative estimate of drug-likeness (QED) is 0.817. The van der Waals surface area contributed by atoms with Gasteiger partial charge in [-0.25, -0.2) is 13.2 Å². The summed E-state index contributed by atoms with van der Waals surface area (Å²) < 4.78 is 32.0. The molecule has 2 aromatic rings. The van der Waals surface area contributed by atoms with Gasteiger partial charge < -0.3 is 14.7 Å². The second-order valence-corrected chi connectivity index (χ2v) is 7.81. The van der Waals surface area contributed by atoms with Gasteiger partial charge >= 0.3 is 5.97 Å². The summed E-state index contributed by atoms with van der Waals surface area (Å²) in [6, 6.07) is 12.9. The summed E-state index contributed by atoms with van der Waals surface area (Å²) in [6.07, 6.45) is 0. The Balaban J connectivity index is 1.80. The molecule has 0 aliphatic carbocycles. The maximum atomic E-state index is 13.0. The summed E-state index contributed by atoms with van der Waals surface area (Å²) in [5.74, 6) is -0.507. The van der Waals surface area contributed by atoms with Crippen molar-refractivity contribution in [2.75, 3.05) is 38.2 Å². The Labute approximate surface area is 152 Å². The van der Waals surface area contributed by atoms with Crippen LogP contribution < -0.4 is 4.90 Å². The number of carbonyl (C=O) groups excluding carboxylic acids is 1. The first kappa shape index (κ1) is 18.2. The Hall–Kier alpha value is -2.58. The Morgan fingerprint density at radius 3 is 2.38 bits per heavy atom. The van der Waals surface area contributed by atoms with Crippen molar-refractivity contribution in [3.05, 3.63) is 54.1 Å². The lowest BCUT2D eigenvalue weighted by molar-refractivity contribution is 0.0596. The molecule has 2 aromatic carbocycles. The minimum atomic E-state index is -3.81. The predicted octanol–water partition coefficient (Wildman–Crippen LogP) is 1.69. The van der Waals surface area contributed by atoms with Crippen LogP contribution in [0, 0.1) is 0 Å². The van der Waals surface area contributed by atoms with E-state index in [1.54, 1.807) is 30.3 Å². The molecule has 0 unspecified atom stereocenters. The average Bonchev–Trinajstić information content (AvgIpc) is 2.67. The number of phenolic OH excluding ortho intramolecular Hbond substituents is 1. The van der Waals surface area contributed by atoms with Crippen LogP contribution in [0.1, 0.15) is 10.4 Å². The number of carbonyl (C=O) groups is 1. The summed E-state index contributed by atoms with van der Waals surface area (Å²) in [7, 11) is -2.58. The fourth-order valence-electron chi connectivity index (χ4n) is 2.99. The van der Waals surface area contributed by atoms with Crippen molar-refractivity contribution in [1.29, 1.82) is 0 Å². The van der Waals surface area contributed by atoms with Crippen molar-refractivity contribution in [3.8, 4) is 5.75 Å². The molecule has 1 aliphatic rings. The van der Waals surface area contributed by atoms with Crippen LogP contribution in [-0.4, -0.2) is 57.1 Å². The Morgan fingerprint density at radius 1 is 1.04 bits per heavy atom. The Morgan fingerprint density at radius 2 is 1.73 bits per heavy atom. The lowest BCUT2D eigenvalue weighted by atomic mass is 10.2. The number of anilines is 1. The number of rotatable bonds is 4. The summed E-state index contributed by atoms with van der Waals surface area (Å²) in [6.45, 7) is 1.55. The monoisotopic (exact) mass is 376 g/mol. The van der Waals surface area contributed by atoms with Crippen molar-refractivity contribution in [1.82, 2.24) is 4.31 Å². The third kappa shape index (κ3) is 3.51. The first-order chi connectivity index (χ1) is 12.4. The van der Waals surface area contributed by atoms with Crippen LogP contribution in [0.5, 0.6) is 5.75 Å². The lowest BCUT2D eigenvalue weighted by Gasteiger charge is -2.35. The maximum Gasteiger partial charge on any atom is 0.339 e. The number of sulfonamides is 1. The molecule has 26 heavy (non-hydrogen) atoms. The zero-order valence-electron chi connectivity index (χ0n) is 14.3. The number of piperazine rings is 1. The van der Waals surface area contributed by atoms with E-state index in [0.717, 1.165) is 5.69 Å². The molecule has 1 N–H and O–H groups in total. The topological polar surface area (TPSA) is 87.2 Å². The predicted molar refractivity (Wildman–Crippen MR) is 96.9 cm³/mol. The molecule has 1 aliphatic heterocycles. The van der Waals surface area contributed by atoms with Gasteiger partial charge in [0, 0.05) is 37.9 Å². The number of nitrogens with zero attached hydrogens (tertiary/aromatic N) is 2. The highest BCUT2D eigenvalue weighted by Gasteiger charge is 2.31. The molecular weight excluding hydrogens is 356 g/mol. The number of esters is 1. The van der Waals surface area contributed by atoms with Crippen LogP contribution in [-0.2, 0) is 14.8 Å². The van der Waals surface area contributed by atoms with Crippen molar-refractivity contribution in [2.45, 2.75) is 4.90 Å². The molecule has 0 bridgehead atoms. The summed E-state index contributed by atoms with van der Waals surface area (Å²) in [5.41, 5.74) is 0.877. The van der Waals surface area contributed by atoms with Crippen LogP contribution in [0.15, 0.2) is 53.4 Å². The van der Waals surface area contributed by atoms with Crippen LogP contribution in [0.2, 0.25) is 0 Å². The normalized spacial score (nSPS) is 15.7. The van der Waals surface area contributed by atoms with Crippen LogP contribution in [0.3, 0.4) is 0 Å². The molecule has 138 valence electrons. The number of ether oxygens (including phenoxy) is 1. The Bertz CT molecular complexity index is 905. The van der Waals surface area contributed by atoms with Gasteiger partial charge in [0.1, 0.15) is 5.75 Å². The molecule has 3 rings (SSSR count). The van der Waals surface area contributed by atoms with Gasteiger partial charge in [-0.15, -0.1) is 0 Å². The zero-order valence-corrected chi connectivity index (χ0v) is 15.1. The van der Waals surface area contributed by atoms with Crippen molar-refractivity contribution in [3.63, 3.8) is 0 Å². The van der Waals surface area contributed by atoms with Gasteiger partial charge in [0.2, 0.25) is 10.0 Å². The van der Waals surface area contributed by atoms with E-state index in [4.69, 9.17) is 4.74 Å². The molecular formula is C18H20N2O5S. The van der Waals surface area contributed by atoms with E-state index in [0.29, 0.717) is 13.1 Å². The summed E-state index contributed by atoms with van der Waals surface area (Å²) >= 11 is 0. The largest absolute Gasteiger partial charge is 0.508 e. The van der Waals surface area contributed by atoms with Gasteiger partial charge in [-0.2, -0.15) is 4.31 Å². The van der Waals surface area contributed by atoms with Crippen molar-refractivity contribution < 1.29 is 23.1 Å². The molecule has 1 heterocycles. The number of benzene rings is 2. The highest BCUT2D eigenvalue weighted by atomic mass is 32.2.